The second kappa shape index (κ2) is 8.88. The Labute approximate surface area is 213 Å². The Hall–Kier alpha value is -4.47. The molecule has 1 aliphatic heterocycles. The number of nitrogens with zero attached hydrogens (tertiary/aromatic N) is 5. The quantitative estimate of drug-likeness (QED) is 0.408. The molecule has 2 aliphatic rings. The number of hydrogen-bond acceptors (Lipinski definition) is 6. The summed E-state index contributed by atoms with van der Waals surface area (Å²) in [6.07, 6.45) is 8.28. The first-order valence-corrected chi connectivity index (χ1v) is 12.4. The highest BCUT2D eigenvalue weighted by Gasteiger charge is 2.32. The molecule has 0 aromatic carbocycles. The predicted octanol–water partition coefficient (Wildman–Crippen LogP) is 3.38. The zero-order valence-corrected chi connectivity index (χ0v) is 20.7. The van der Waals surface area contributed by atoms with Gasteiger partial charge in [-0.15, -0.1) is 0 Å². The van der Waals surface area contributed by atoms with E-state index in [-0.39, 0.29) is 11.5 Å². The van der Waals surface area contributed by atoms with Gasteiger partial charge in [0.15, 0.2) is 12.1 Å². The number of amides is 1. The van der Waals surface area contributed by atoms with E-state index in [2.05, 4.69) is 25.1 Å². The molecule has 10 nitrogen and oxygen atoms in total. The fraction of sp³-hybridized carbons (Fsp3) is 0.296. The Kier molecular flexibility index (Phi) is 5.51. The standard InChI is InChI=1S/C27H27N7O3/c1-16-11-24(31-30-16)29-21-12-18(14-32(2)26(21)36)19-7-8-28-25(20(19)15-35)34-10-9-33-22-6-4-3-5-17(22)13-23(33)27(34)37/h7-8,11-15H,3-6,9-10H2,1-2H3,(H2,29,30,31). The smallest absolute Gasteiger partial charge is 0.276 e. The Morgan fingerprint density at radius 3 is 2.73 bits per heavy atom. The highest BCUT2D eigenvalue weighted by molar-refractivity contribution is 6.08. The number of rotatable bonds is 5. The lowest BCUT2D eigenvalue weighted by Gasteiger charge is -2.30. The zero-order valence-electron chi connectivity index (χ0n) is 20.7. The fourth-order valence-electron chi connectivity index (χ4n) is 5.45. The second-order valence-corrected chi connectivity index (χ2v) is 9.65. The molecule has 0 spiro atoms. The Morgan fingerprint density at radius 1 is 1.11 bits per heavy atom. The number of aryl methyl sites for hydroxylation is 3. The minimum atomic E-state index is -0.234. The predicted molar refractivity (Wildman–Crippen MR) is 140 cm³/mol. The van der Waals surface area contributed by atoms with Crippen LogP contribution >= 0.6 is 0 Å². The van der Waals surface area contributed by atoms with Gasteiger partial charge in [0.05, 0.1) is 5.56 Å². The first kappa shape index (κ1) is 23.0. The molecule has 1 aliphatic carbocycles. The van der Waals surface area contributed by atoms with E-state index in [0.717, 1.165) is 37.7 Å². The fourth-order valence-corrected chi connectivity index (χ4v) is 5.45. The minimum absolute atomic E-state index is 0.148. The van der Waals surface area contributed by atoms with Crippen molar-refractivity contribution >= 4 is 29.5 Å². The van der Waals surface area contributed by atoms with Gasteiger partial charge in [0.1, 0.15) is 17.2 Å². The van der Waals surface area contributed by atoms with Crippen molar-refractivity contribution in [2.24, 2.45) is 7.05 Å². The van der Waals surface area contributed by atoms with Gasteiger partial charge in [-0.1, -0.05) is 0 Å². The van der Waals surface area contributed by atoms with Crippen molar-refractivity contribution in [1.82, 2.24) is 24.3 Å². The van der Waals surface area contributed by atoms with Crippen molar-refractivity contribution in [3.05, 3.63) is 75.2 Å². The largest absolute Gasteiger partial charge is 0.339 e. The molecule has 10 heteroatoms. The number of aromatic nitrogens is 5. The summed E-state index contributed by atoms with van der Waals surface area (Å²) in [5.41, 5.74) is 5.66. The maximum atomic E-state index is 13.6. The lowest BCUT2D eigenvalue weighted by molar-refractivity contribution is 0.0963. The molecule has 188 valence electrons. The van der Waals surface area contributed by atoms with E-state index in [0.29, 0.717) is 52.8 Å². The molecular weight excluding hydrogens is 470 g/mol. The summed E-state index contributed by atoms with van der Waals surface area (Å²) in [6, 6.07) is 7.22. The summed E-state index contributed by atoms with van der Waals surface area (Å²) in [5, 5.41) is 10.0. The van der Waals surface area contributed by atoms with E-state index in [4.69, 9.17) is 0 Å². The van der Waals surface area contributed by atoms with Gasteiger partial charge in [-0.05, 0) is 61.9 Å². The minimum Gasteiger partial charge on any atom is -0.339 e. The molecule has 5 heterocycles. The van der Waals surface area contributed by atoms with Crippen molar-refractivity contribution in [2.45, 2.75) is 39.2 Å². The monoisotopic (exact) mass is 497 g/mol. The Morgan fingerprint density at radius 2 is 1.95 bits per heavy atom. The van der Waals surface area contributed by atoms with Crippen LogP contribution in [0.4, 0.5) is 17.3 Å². The van der Waals surface area contributed by atoms with E-state index in [9.17, 15) is 14.4 Å². The van der Waals surface area contributed by atoms with Crippen LogP contribution in [-0.2, 0) is 26.4 Å². The van der Waals surface area contributed by atoms with Gasteiger partial charge in [-0.2, -0.15) is 5.10 Å². The average Bonchev–Trinajstić information content (AvgIpc) is 3.50. The summed E-state index contributed by atoms with van der Waals surface area (Å²) in [7, 11) is 1.65. The van der Waals surface area contributed by atoms with Gasteiger partial charge in [0.25, 0.3) is 11.5 Å². The van der Waals surface area contributed by atoms with Gasteiger partial charge in [-0.25, -0.2) is 4.98 Å². The number of H-pyrrole nitrogens is 1. The van der Waals surface area contributed by atoms with Crippen LogP contribution in [-0.4, -0.2) is 43.1 Å². The number of fused-ring (bicyclic) bond motifs is 3. The lowest BCUT2D eigenvalue weighted by atomic mass is 9.98. The van der Waals surface area contributed by atoms with E-state index >= 15 is 0 Å². The molecule has 1 amide bonds. The molecule has 37 heavy (non-hydrogen) atoms. The third-order valence-electron chi connectivity index (χ3n) is 7.23. The summed E-state index contributed by atoms with van der Waals surface area (Å²) in [6.45, 7) is 2.97. The molecule has 0 saturated heterocycles. The molecule has 0 atom stereocenters. The molecule has 4 aromatic rings. The summed E-state index contributed by atoms with van der Waals surface area (Å²) < 4.78 is 3.59. The van der Waals surface area contributed by atoms with Gasteiger partial charge in [0, 0.05) is 55.5 Å². The molecular formula is C27H27N7O3. The SMILES string of the molecule is Cc1cc(Nc2cc(-c3ccnc(N4CCn5c(cc6c5CCCC6)C4=O)c3C=O)cn(C)c2=O)n[nH]1. The summed E-state index contributed by atoms with van der Waals surface area (Å²) in [4.78, 5) is 44.9. The highest BCUT2D eigenvalue weighted by atomic mass is 16.2. The molecule has 4 aromatic heterocycles. The van der Waals surface area contributed by atoms with Crippen LogP contribution in [0.15, 0.2) is 41.5 Å². The third kappa shape index (κ3) is 3.85. The number of aldehydes is 1. The van der Waals surface area contributed by atoms with Gasteiger partial charge in [0.2, 0.25) is 0 Å². The molecule has 0 saturated carbocycles. The number of carbonyl (C=O) groups excluding carboxylic acids is 2. The molecule has 0 radical (unpaired) electrons. The molecule has 0 unspecified atom stereocenters. The van der Waals surface area contributed by atoms with Crippen LogP contribution in [0.2, 0.25) is 0 Å². The Bertz CT molecular complexity index is 1610. The van der Waals surface area contributed by atoms with Crippen molar-refractivity contribution in [2.75, 3.05) is 16.8 Å². The maximum absolute atomic E-state index is 13.6. The van der Waals surface area contributed by atoms with Crippen LogP contribution in [0.1, 0.15) is 50.6 Å². The molecule has 0 fully saturated rings. The van der Waals surface area contributed by atoms with Crippen molar-refractivity contribution < 1.29 is 9.59 Å². The third-order valence-corrected chi connectivity index (χ3v) is 7.23. The number of aromatic amines is 1. The Balaban J connectivity index is 1.40. The van der Waals surface area contributed by atoms with E-state index in [1.54, 1.807) is 42.5 Å². The summed E-state index contributed by atoms with van der Waals surface area (Å²) in [5.74, 6) is 0.696. The lowest BCUT2D eigenvalue weighted by Crippen LogP contribution is -2.41. The topological polar surface area (TPSA) is 118 Å². The normalized spacial score (nSPS) is 14.9. The van der Waals surface area contributed by atoms with Crippen molar-refractivity contribution in [3.63, 3.8) is 0 Å². The van der Waals surface area contributed by atoms with Crippen molar-refractivity contribution in [1.29, 1.82) is 0 Å². The van der Waals surface area contributed by atoms with E-state index in [1.807, 2.05) is 13.0 Å². The van der Waals surface area contributed by atoms with Crippen molar-refractivity contribution in [3.8, 4) is 11.1 Å². The van der Waals surface area contributed by atoms with Crippen LogP contribution in [0.5, 0.6) is 0 Å². The van der Waals surface area contributed by atoms with Crippen LogP contribution in [0, 0.1) is 6.92 Å². The number of anilines is 3. The zero-order chi connectivity index (χ0) is 25.7. The maximum Gasteiger partial charge on any atom is 0.276 e. The first-order valence-electron chi connectivity index (χ1n) is 12.4. The van der Waals surface area contributed by atoms with Gasteiger partial charge >= 0.3 is 0 Å². The van der Waals surface area contributed by atoms with Gasteiger partial charge in [-0.3, -0.25) is 24.4 Å². The van der Waals surface area contributed by atoms with E-state index in [1.165, 1.54) is 15.8 Å². The number of nitrogens with one attached hydrogen (secondary N) is 2. The molecule has 6 rings (SSSR count). The number of pyridine rings is 2. The van der Waals surface area contributed by atoms with Crippen LogP contribution < -0.4 is 15.8 Å². The van der Waals surface area contributed by atoms with Crippen LogP contribution in [0.3, 0.4) is 0 Å². The number of hydrogen-bond donors (Lipinski definition) is 2. The molecule has 2 N–H and O–H groups in total. The number of carbonyl (C=O) groups is 2. The first-order chi connectivity index (χ1) is 17.9. The van der Waals surface area contributed by atoms with Gasteiger partial charge < -0.3 is 14.5 Å². The molecule has 0 bridgehead atoms. The summed E-state index contributed by atoms with van der Waals surface area (Å²) >= 11 is 0. The van der Waals surface area contributed by atoms with Crippen LogP contribution in [0.25, 0.3) is 11.1 Å². The highest BCUT2D eigenvalue weighted by Crippen LogP contribution is 2.33. The van der Waals surface area contributed by atoms with E-state index < -0.39 is 0 Å². The second-order valence-electron chi connectivity index (χ2n) is 9.65. The average molecular weight is 498 g/mol.